The number of fused-ring (bicyclic) bond motifs is 1. The van der Waals surface area contributed by atoms with Gasteiger partial charge in [0, 0.05) is 11.5 Å². The molecule has 0 fully saturated rings. The van der Waals surface area contributed by atoms with Crippen LogP contribution in [0.2, 0.25) is 0 Å². The topological polar surface area (TPSA) is 47.9 Å². The predicted octanol–water partition coefficient (Wildman–Crippen LogP) is 1.88. The fourth-order valence-corrected chi connectivity index (χ4v) is 2.03. The Hall–Kier alpha value is -1.49. The number of aliphatic hydroxyl groups excluding tert-OH is 1. The minimum Gasteiger partial charge on any atom is -0.493 e. The maximum Gasteiger partial charge on any atom is 0.169 e. The molecule has 5 heteroatoms. The van der Waals surface area contributed by atoms with Crippen LogP contribution in [0.5, 0.6) is 17.2 Å². The molecule has 0 amide bonds. The second-order valence-electron chi connectivity index (χ2n) is 4.83. The van der Waals surface area contributed by atoms with Gasteiger partial charge in [-0.15, -0.1) is 0 Å². The van der Waals surface area contributed by atoms with Crippen molar-refractivity contribution in [3.8, 4) is 17.2 Å². The van der Waals surface area contributed by atoms with Crippen molar-refractivity contribution in [3.63, 3.8) is 0 Å². The number of hydrogen-bond donors (Lipinski definition) is 1. The zero-order chi connectivity index (χ0) is 13.3. The molecule has 1 aliphatic rings. The van der Waals surface area contributed by atoms with Crippen LogP contribution >= 0.6 is 0 Å². The Bertz CT molecular complexity index is 457. The Kier molecular flexibility index (Phi) is 3.34. The number of methoxy groups -OCH3 is 1. The fraction of sp³-hybridized carbons (Fsp3) is 0.538. The molecule has 2 rings (SSSR count). The van der Waals surface area contributed by atoms with E-state index in [1.165, 1.54) is 13.2 Å². The summed E-state index contributed by atoms with van der Waals surface area (Å²) in [6, 6.07) is 1.25. The van der Waals surface area contributed by atoms with Crippen LogP contribution < -0.4 is 14.2 Å². The Morgan fingerprint density at radius 3 is 2.67 bits per heavy atom. The summed E-state index contributed by atoms with van der Waals surface area (Å²) in [5.41, 5.74) is -0.180. The lowest BCUT2D eigenvalue weighted by Crippen LogP contribution is -2.27. The van der Waals surface area contributed by atoms with Crippen LogP contribution in [0.1, 0.15) is 19.4 Å². The van der Waals surface area contributed by atoms with Gasteiger partial charge >= 0.3 is 0 Å². The van der Waals surface area contributed by atoms with Crippen LogP contribution in [0.3, 0.4) is 0 Å². The third kappa shape index (κ3) is 1.99. The van der Waals surface area contributed by atoms with E-state index >= 15 is 0 Å². The number of benzene rings is 1. The Morgan fingerprint density at radius 2 is 2.06 bits per heavy atom. The standard InChI is InChI=1S/C13H17FO4/c1-13(2,7-15)10-11(16-3)8(14)6-9-12(10)18-5-4-17-9/h6,15H,4-5,7H2,1-3H3. The van der Waals surface area contributed by atoms with Crippen LogP contribution in [0.15, 0.2) is 6.07 Å². The Labute approximate surface area is 105 Å². The van der Waals surface area contributed by atoms with Gasteiger partial charge in [-0.1, -0.05) is 13.8 Å². The molecule has 1 N–H and O–H groups in total. The highest BCUT2D eigenvalue weighted by Crippen LogP contribution is 2.47. The van der Waals surface area contributed by atoms with Gasteiger partial charge in [-0.25, -0.2) is 4.39 Å². The zero-order valence-corrected chi connectivity index (χ0v) is 10.7. The number of halogens is 1. The quantitative estimate of drug-likeness (QED) is 0.897. The second-order valence-corrected chi connectivity index (χ2v) is 4.83. The largest absolute Gasteiger partial charge is 0.493 e. The fourth-order valence-electron chi connectivity index (χ4n) is 2.03. The van der Waals surface area contributed by atoms with Crippen molar-refractivity contribution >= 4 is 0 Å². The van der Waals surface area contributed by atoms with Crippen LogP contribution in [-0.2, 0) is 5.41 Å². The molecule has 1 aromatic rings. The van der Waals surface area contributed by atoms with E-state index in [0.717, 1.165) is 0 Å². The minimum atomic E-state index is -0.682. The number of hydrogen-bond acceptors (Lipinski definition) is 4. The van der Waals surface area contributed by atoms with Crippen molar-refractivity contribution in [2.24, 2.45) is 0 Å². The van der Waals surface area contributed by atoms with E-state index in [0.29, 0.717) is 30.3 Å². The van der Waals surface area contributed by atoms with Gasteiger partial charge in [-0.3, -0.25) is 0 Å². The van der Waals surface area contributed by atoms with Crippen LogP contribution in [0.4, 0.5) is 4.39 Å². The predicted molar refractivity (Wildman–Crippen MR) is 64.1 cm³/mol. The van der Waals surface area contributed by atoms with Crippen LogP contribution in [0, 0.1) is 5.82 Å². The molecular weight excluding hydrogens is 239 g/mol. The summed E-state index contributed by atoms with van der Waals surface area (Å²) in [5, 5.41) is 9.49. The van der Waals surface area contributed by atoms with Crippen molar-refractivity contribution in [1.29, 1.82) is 0 Å². The van der Waals surface area contributed by atoms with Gasteiger partial charge in [0.25, 0.3) is 0 Å². The van der Waals surface area contributed by atoms with E-state index < -0.39 is 11.2 Å². The molecule has 0 aromatic heterocycles. The molecule has 1 aliphatic heterocycles. The first-order valence-electron chi connectivity index (χ1n) is 5.78. The highest BCUT2D eigenvalue weighted by molar-refractivity contribution is 5.58. The maximum atomic E-state index is 14.0. The Morgan fingerprint density at radius 1 is 1.39 bits per heavy atom. The molecule has 0 bridgehead atoms. The van der Waals surface area contributed by atoms with Gasteiger partial charge in [-0.05, 0) is 0 Å². The SMILES string of the molecule is COc1c(F)cc2c(c1C(C)(C)CO)OCCO2. The van der Waals surface area contributed by atoms with E-state index in [9.17, 15) is 9.50 Å². The van der Waals surface area contributed by atoms with Crippen molar-refractivity contribution < 1.29 is 23.7 Å². The average Bonchev–Trinajstić information content (AvgIpc) is 2.37. The average molecular weight is 256 g/mol. The lowest BCUT2D eigenvalue weighted by Gasteiger charge is -2.30. The third-order valence-corrected chi connectivity index (χ3v) is 3.02. The molecule has 0 saturated heterocycles. The molecule has 0 saturated carbocycles. The first kappa shape index (κ1) is 13.0. The normalized spacial score (nSPS) is 14.5. The number of aliphatic hydroxyl groups is 1. The monoisotopic (exact) mass is 256 g/mol. The summed E-state index contributed by atoms with van der Waals surface area (Å²) in [5.74, 6) is 0.395. The highest BCUT2D eigenvalue weighted by atomic mass is 19.1. The summed E-state index contributed by atoms with van der Waals surface area (Å²) in [6.07, 6.45) is 0. The molecule has 1 heterocycles. The summed E-state index contributed by atoms with van der Waals surface area (Å²) < 4.78 is 30.0. The molecule has 0 aliphatic carbocycles. The minimum absolute atomic E-state index is 0.0956. The molecule has 0 atom stereocenters. The molecule has 100 valence electrons. The summed E-state index contributed by atoms with van der Waals surface area (Å²) >= 11 is 0. The van der Waals surface area contributed by atoms with Gasteiger partial charge in [0.1, 0.15) is 13.2 Å². The smallest absolute Gasteiger partial charge is 0.169 e. The molecule has 4 nitrogen and oxygen atoms in total. The number of rotatable bonds is 3. The lowest BCUT2D eigenvalue weighted by molar-refractivity contribution is 0.157. The van der Waals surface area contributed by atoms with Crippen molar-refractivity contribution in [2.75, 3.05) is 26.9 Å². The van der Waals surface area contributed by atoms with E-state index in [1.54, 1.807) is 13.8 Å². The second kappa shape index (κ2) is 4.65. The van der Waals surface area contributed by atoms with E-state index in [4.69, 9.17) is 14.2 Å². The van der Waals surface area contributed by atoms with Gasteiger partial charge in [0.15, 0.2) is 23.1 Å². The number of ether oxygens (including phenoxy) is 3. The Balaban J connectivity index is 2.69. The van der Waals surface area contributed by atoms with E-state index in [-0.39, 0.29) is 12.4 Å². The lowest BCUT2D eigenvalue weighted by atomic mass is 9.83. The molecule has 0 unspecified atom stereocenters. The van der Waals surface area contributed by atoms with Gasteiger partial charge in [-0.2, -0.15) is 0 Å². The van der Waals surface area contributed by atoms with E-state index in [2.05, 4.69) is 0 Å². The third-order valence-electron chi connectivity index (χ3n) is 3.02. The highest BCUT2D eigenvalue weighted by Gasteiger charge is 2.34. The van der Waals surface area contributed by atoms with E-state index in [1.807, 2.05) is 0 Å². The molecule has 1 aromatic carbocycles. The van der Waals surface area contributed by atoms with Gasteiger partial charge in [0.2, 0.25) is 0 Å². The molecule has 18 heavy (non-hydrogen) atoms. The molecular formula is C13H17FO4. The summed E-state index contributed by atoms with van der Waals surface area (Å²) in [6.45, 7) is 4.22. The first-order chi connectivity index (χ1) is 8.51. The first-order valence-corrected chi connectivity index (χ1v) is 5.78. The molecule has 0 spiro atoms. The van der Waals surface area contributed by atoms with Crippen molar-refractivity contribution in [3.05, 3.63) is 17.4 Å². The van der Waals surface area contributed by atoms with Crippen LogP contribution in [-0.4, -0.2) is 32.0 Å². The van der Waals surface area contributed by atoms with Crippen molar-refractivity contribution in [2.45, 2.75) is 19.3 Å². The summed E-state index contributed by atoms with van der Waals surface area (Å²) in [7, 11) is 1.39. The zero-order valence-electron chi connectivity index (χ0n) is 10.7. The molecule has 0 radical (unpaired) electrons. The van der Waals surface area contributed by atoms with Crippen LogP contribution in [0.25, 0.3) is 0 Å². The van der Waals surface area contributed by atoms with Gasteiger partial charge in [0.05, 0.1) is 19.3 Å². The maximum absolute atomic E-state index is 14.0. The van der Waals surface area contributed by atoms with Crippen molar-refractivity contribution in [1.82, 2.24) is 0 Å². The van der Waals surface area contributed by atoms with Gasteiger partial charge < -0.3 is 19.3 Å². The summed E-state index contributed by atoms with van der Waals surface area (Å²) in [4.78, 5) is 0.